The summed E-state index contributed by atoms with van der Waals surface area (Å²) < 4.78 is 10.5. The Bertz CT molecular complexity index is 743. The van der Waals surface area contributed by atoms with E-state index < -0.39 is 0 Å². The van der Waals surface area contributed by atoms with Crippen LogP contribution in [0.3, 0.4) is 0 Å². The molecule has 0 heterocycles. The van der Waals surface area contributed by atoms with Crippen molar-refractivity contribution >= 4 is 17.7 Å². The third kappa shape index (κ3) is 4.63. The molecule has 4 heteroatoms. The predicted molar refractivity (Wildman–Crippen MR) is 102 cm³/mol. The minimum atomic E-state index is -0.159. The number of carbonyl (C=O) groups is 1. The summed E-state index contributed by atoms with van der Waals surface area (Å²) in [5, 5.41) is 3.02. The van der Waals surface area contributed by atoms with Crippen LogP contribution in [0.1, 0.15) is 30.5 Å². The van der Waals surface area contributed by atoms with E-state index in [0.717, 1.165) is 35.2 Å². The lowest BCUT2D eigenvalue weighted by molar-refractivity contribution is -0.111. The zero-order valence-electron chi connectivity index (χ0n) is 15.3. The molecule has 2 rings (SSSR count). The molecule has 0 saturated heterocycles. The lowest BCUT2D eigenvalue weighted by atomic mass is 10.0. The Morgan fingerprint density at radius 3 is 2.28 bits per heavy atom. The minimum absolute atomic E-state index is 0.159. The molecule has 0 bridgehead atoms. The Balaban J connectivity index is 2.20. The summed E-state index contributed by atoms with van der Waals surface area (Å²) >= 11 is 0. The van der Waals surface area contributed by atoms with Crippen LogP contribution in [0.25, 0.3) is 6.08 Å². The standard InChI is InChI=1S/C21H25NO3/c1-5-15-8-7-9-16(6-2)21(15)22-20(23)13-11-17-10-12-18(24-3)14-19(17)25-4/h7-14H,5-6H2,1-4H3,(H,22,23)/b13-11+. The van der Waals surface area contributed by atoms with Crippen LogP contribution >= 0.6 is 0 Å². The van der Waals surface area contributed by atoms with Gasteiger partial charge in [-0.25, -0.2) is 0 Å². The van der Waals surface area contributed by atoms with Gasteiger partial charge in [0.05, 0.1) is 14.2 Å². The molecule has 1 N–H and O–H groups in total. The molecule has 0 aliphatic carbocycles. The van der Waals surface area contributed by atoms with E-state index >= 15 is 0 Å². The summed E-state index contributed by atoms with van der Waals surface area (Å²) in [4.78, 5) is 12.4. The number of ether oxygens (including phenoxy) is 2. The quantitative estimate of drug-likeness (QED) is 0.757. The number of aryl methyl sites for hydroxylation is 2. The number of amides is 1. The Morgan fingerprint density at radius 1 is 1.04 bits per heavy atom. The minimum Gasteiger partial charge on any atom is -0.497 e. The highest BCUT2D eigenvalue weighted by atomic mass is 16.5. The molecule has 0 unspecified atom stereocenters. The number of nitrogens with one attached hydrogen (secondary N) is 1. The van der Waals surface area contributed by atoms with E-state index in [1.165, 1.54) is 6.08 Å². The Hall–Kier alpha value is -2.75. The Morgan fingerprint density at radius 2 is 1.72 bits per heavy atom. The van der Waals surface area contributed by atoms with Gasteiger partial charge in [0.1, 0.15) is 11.5 Å². The molecule has 25 heavy (non-hydrogen) atoms. The molecule has 132 valence electrons. The maximum Gasteiger partial charge on any atom is 0.248 e. The zero-order valence-corrected chi connectivity index (χ0v) is 15.3. The maximum absolute atomic E-state index is 12.4. The molecule has 2 aromatic rings. The van der Waals surface area contributed by atoms with Crippen molar-refractivity contribution in [3.8, 4) is 11.5 Å². The van der Waals surface area contributed by atoms with Gasteiger partial charge < -0.3 is 14.8 Å². The third-order valence-electron chi connectivity index (χ3n) is 4.10. The normalized spacial score (nSPS) is 10.7. The summed E-state index contributed by atoms with van der Waals surface area (Å²) in [6.45, 7) is 4.17. The second kappa shape index (κ2) is 8.92. The van der Waals surface area contributed by atoms with Crippen LogP contribution in [0.5, 0.6) is 11.5 Å². The Labute approximate surface area is 149 Å². The first kappa shape index (κ1) is 18.6. The van der Waals surface area contributed by atoms with Gasteiger partial charge in [-0.1, -0.05) is 32.0 Å². The van der Waals surface area contributed by atoms with E-state index in [4.69, 9.17) is 9.47 Å². The molecule has 0 aliphatic heterocycles. The number of methoxy groups -OCH3 is 2. The molecule has 0 fully saturated rings. The molecule has 0 atom stereocenters. The number of para-hydroxylation sites is 1. The molecular weight excluding hydrogens is 314 g/mol. The number of carbonyl (C=O) groups excluding carboxylic acids is 1. The van der Waals surface area contributed by atoms with Crippen molar-refractivity contribution in [2.75, 3.05) is 19.5 Å². The zero-order chi connectivity index (χ0) is 18.2. The summed E-state index contributed by atoms with van der Waals surface area (Å²) in [5.74, 6) is 1.21. The molecule has 2 aromatic carbocycles. The van der Waals surface area contributed by atoms with Crippen molar-refractivity contribution < 1.29 is 14.3 Å². The number of rotatable bonds is 7. The molecule has 4 nitrogen and oxygen atoms in total. The van der Waals surface area contributed by atoms with Crippen molar-refractivity contribution in [3.63, 3.8) is 0 Å². The molecule has 0 spiro atoms. The van der Waals surface area contributed by atoms with Gasteiger partial charge in [0, 0.05) is 23.4 Å². The van der Waals surface area contributed by atoms with Crippen molar-refractivity contribution in [3.05, 3.63) is 59.2 Å². The molecule has 0 radical (unpaired) electrons. The predicted octanol–water partition coefficient (Wildman–Crippen LogP) is 4.48. The van der Waals surface area contributed by atoms with Crippen LogP contribution in [0.15, 0.2) is 42.5 Å². The lowest BCUT2D eigenvalue weighted by Crippen LogP contribution is -2.11. The monoisotopic (exact) mass is 339 g/mol. The Kier molecular flexibility index (Phi) is 6.63. The molecular formula is C21H25NO3. The third-order valence-corrected chi connectivity index (χ3v) is 4.10. The largest absolute Gasteiger partial charge is 0.497 e. The van der Waals surface area contributed by atoms with E-state index in [1.807, 2.05) is 30.3 Å². The van der Waals surface area contributed by atoms with Crippen LogP contribution in [0.4, 0.5) is 5.69 Å². The van der Waals surface area contributed by atoms with E-state index in [2.05, 4.69) is 19.2 Å². The van der Waals surface area contributed by atoms with Crippen molar-refractivity contribution in [2.24, 2.45) is 0 Å². The summed E-state index contributed by atoms with van der Waals surface area (Å²) in [7, 11) is 3.20. The highest BCUT2D eigenvalue weighted by Gasteiger charge is 2.09. The number of hydrogen-bond donors (Lipinski definition) is 1. The van der Waals surface area contributed by atoms with Gasteiger partial charge in [-0.2, -0.15) is 0 Å². The summed E-state index contributed by atoms with van der Waals surface area (Å²) in [6, 6.07) is 11.6. The van der Waals surface area contributed by atoms with Gasteiger partial charge >= 0.3 is 0 Å². The first-order valence-electron chi connectivity index (χ1n) is 8.44. The summed E-state index contributed by atoms with van der Waals surface area (Å²) in [6.07, 6.45) is 5.02. The second-order valence-corrected chi connectivity index (χ2v) is 5.59. The first-order chi connectivity index (χ1) is 12.1. The van der Waals surface area contributed by atoms with Gasteiger partial charge in [0.15, 0.2) is 0 Å². The fourth-order valence-corrected chi connectivity index (χ4v) is 2.69. The highest BCUT2D eigenvalue weighted by molar-refractivity contribution is 6.03. The van der Waals surface area contributed by atoms with Crippen molar-refractivity contribution in [1.82, 2.24) is 0 Å². The van der Waals surface area contributed by atoms with Crippen molar-refractivity contribution in [1.29, 1.82) is 0 Å². The number of anilines is 1. The van der Waals surface area contributed by atoms with Crippen LogP contribution in [-0.2, 0) is 17.6 Å². The fourth-order valence-electron chi connectivity index (χ4n) is 2.69. The average Bonchev–Trinajstić information content (AvgIpc) is 2.66. The molecule has 0 saturated carbocycles. The van der Waals surface area contributed by atoms with Crippen LogP contribution in [-0.4, -0.2) is 20.1 Å². The smallest absolute Gasteiger partial charge is 0.248 e. The summed E-state index contributed by atoms with van der Waals surface area (Å²) in [5.41, 5.74) is 4.02. The topological polar surface area (TPSA) is 47.6 Å². The van der Waals surface area contributed by atoms with E-state index in [-0.39, 0.29) is 5.91 Å². The van der Waals surface area contributed by atoms with Gasteiger partial charge in [-0.3, -0.25) is 4.79 Å². The van der Waals surface area contributed by atoms with Crippen molar-refractivity contribution in [2.45, 2.75) is 26.7 Å². The first-order valence-corrected chi connectivity index (χ1v) is 8.44. The lowest BCUT2D eigenvalue weighted by Gasteiger charge is -2.13. The molecule has 0 aromatic heterocycles. The highest BCUT2D eigenvalue weighted by Crippen LogP contribution is 2.26. The number of benzene rings is 2. The van der Waals surface area contributed by atoms with E-state index in [9.17, 15) is 4.79 Å². The fraction of sp³-hybridized carbons (Fsp3) is 0.286. The second-order valence-electron chi connectivity index (χ2n) is 5.59. The number of hydrogen-bond acceptors (Lipinski definition) is 3. The van der Waals surface area contributed by atoms with Gasteiger partial charge in [0.25, 0.3) is 0 Å². The van der Waals surface area contributed by atoms with Crippen LogP contribution in [0, 0.1) is 0 Å². The average molecular weight is 339 g/mol. The van der Waals surface area contributed by atoms with E-state index in [1.54, 1.807) is 26.4 Å². The van der Waals surface area contributed by atoms with Gasteiger partial charge in [0.2, 0.25) is 5.91 Å². The van der Waals surface area contributed by atoms with Crippen LogP contribution in [0.2, 0.25) is 0 Å². The molecule has 1 amide bonds. The molecule has 0 aliphatic rings. The SMILES string of the molecule is CCc1cccc(CC)c1NC(=O)/C=C/c1ccc(OC)cc1OC. The van der Waals surface area contributed by atoms with Gasteiger partial charge in [-0.05, 0) is 42.2 Å². The van der Waals surface area contributed by atoms with Gasteiger partial charge in [-0.15, -0.1) is 0 Å². The van der Waals surface area contributed by atoms with Crippen LogP contribution < -0.4 is 14.8 Å². The maximum atomic E-state index is 12.4. The van der Waals surface area contributed by atoms with E-state index in [0.29, 0.717) is 11.5 Å².